The molecule has 1 aliphatic heterocycles. The van der Waals surface area contributed by atoms with E-state index in [0.717, 1.165) is 0 Å². The highest BCUT2D eigenvalue weighted by Crippen LogP contribution is 2.36. The summed E-state index contributed by atoms with van der Waals surface area (Å²) < 4.78 is 11.0. The molecule has 3 nitrogen and oxygen atoms in total. The topological polar surface area (TPSA) is 38.7 Å². The molecule has 0 fully saturated rings. The Balaban J connectivity index is 1.95. The Morgan fingerprint density at radius 1 is 0.950 bits per heavy atom. The van der Waals surface area contributed by atoms with Crippen LogP contribution in [0.25, 0.3) is 0 Å². The number of aliphatic hydroxyl groups is 1. The zero-order chi connectivity index (χ0) is 14.1. The molecule has 5 heteroatoms. The van der Waals surface area contributed by atoms with Gasteiger partial charge < -0.3 is 14.6 Å². The van der Waals surface area contributed by atoms with E-state index in [1.807, 2.05) is 0 Å². The summed E-state index contributed by atoms with van der Waals surface area (Å²) in [6.45, 7) is 1.05. The van der Waals surface area contributed by atoms with Crippen LogP contribution in [-0.2, 0) is 0 Å². The number of hydrogen-bond donors (Lipinski definition) is 1. The number of aliphatic hydroxyl groups excluding tert-OH is 1. The van der Waals surface area contributed by atoms with Gasteiger partial charge in [-0.05, 0) is 29.8 Å². The van der Waals surface area contributed by atoms with Gasteiger partial charge in [-0.2, -0.15) is 0 Å². The lowest BCUT2D eigenvalue weighted by molar-refractivity contribution is 0.169. The zero-order valence-corrected chi connectivity index (χ0v) is 12.0. The highest BCUT2D eigenvalue weighted by atomic mass is 35.5. The van der Waals surface area contributed by atoms with E-state index >= 15 is 0 Å². The van der Waals surface area contributed by atoms with E-state index in [1.54, 1.807) is 36.4 Å². The lowest BCUT2D eigenvalue weighted by Gasteiger charge is -2.20. The second-order valence-electron chi connectivity index (χ2n) is 4.47. The fraction of sp³-hybridized carbons (Fsp3) is 0.200. The van der Waals surface area contributed by atoms with Crippen LogP contribution < -0.4 is 9.47 Å². The van der Waals surface area contributed by atoms with Gasteiger partial charge in [-0.1, -0.05) is 35.3 Å². The number of rotatable bonds is 2. The summed E-state index contributed by atoms with van der Waals surface area (Å²) in [5.41, 5.74) is 1.30. The van der Waals surface area contributed by atoms with E-state index in [0.29, 0.717) is 45.9 Å². The molecule has 1 N–H and O–H groups in total. The molecule has 0 radical (unpaired) electrons. The fourth-order valence-corrected chi connectivity index (χ4v) is 2.64. The van der Waals surface area contributed by atoms with E-state index < -0.39 is 6.10 Å². The van der Waals surface area contributed by atoms with Crippen molar-refractivity contribution in [3.05, 3.63) is 57.6 Å². The fourth-order valence-electron chi connectivity index (χ4n) is 2.13. The van der Waals surface area contributed by atoms with Crippen LogP contribution in [0.1, 0.15) is 17.2 Å². The molecule has 20 heavy (non-hydrogen) atoms. The van der Waals surface area contributed by atoms with Crippen LogP contribution >= 0.6 is 23.2 Å². The molecular formula is C15H12Cl2O3. The van der Waals surface area contributed by atoms with Gasteiger partial charge in [-0.25, -0.2) is 0 Å². The Morgan fingerprint density at radius 2 is 1.70 bits per heavy atom. The van der Waals surface area contributed by atoms with Crippen molar-refractivity contribution >= 4 is 23.2 Å². The van der Waals surface area contributed by atoms with Gasteiger partial charge in [0.25, 0.3) is 0 Å². The molecule has 0 spiro atoms. The summed E-state index contributed by atoms with van der Waals surface area (Å²) >= 11 is 12.0. The van der Waals surface area contributed by atoms with Crippen LogP contribution in [0.5, 0.6) is 11.5 Å². The maximum absolute atomic E-state index is 10.4. The Morgan fingerprint density at radius 3 is 2.45 bits per heavy atom. The zero-order valence-electron chi connectivity index (χ0n) is 10.5. The SMILES string of the molecule is OC(c1ccc2c(c1)OCCO2)c1ccc(Cl)cc1Cl. The predicted octanol–water partition coefficient (Wildman–Crippen LogP) is 3.85. The first-order valence-corrected chi connectivity index (χ1v) is 6.93. The van der Waals surface area contributed by atoms with Crippen LogP contribution in [0.3, 0.4) is 0 Å². The maximum Gasteiger partial charge on any atom is 0.161 e. The average molecular weight is 311 g/mol. The predicted molar refractivity (Wildman–Crippen MR) is 78.0 cm³/mol. The first-order valence-electron chi connectivity index (χ1n) is 6.18. The van der Waals surface area contributed by atoms with Crippen molar-refractivity contribution in [2.75, 3.05) is 13.2 Å². The summed E-state index contributed by atoms with van der Waals surface area (Å²) in [6, 6.07) is 10.4. The summed E-state index contributed by atoms with van der Waals surface area (Å²) in [5, 5.41) is 11.4. The summed E-state index contributed by atoms with van der Waals surface area (Å²) in [6.07, 6.45) is -0.837. The van der Waals surface area contributed by atoms with Gasteiger partial charge in [-0.3, -0.25) is 0 Å². The van der Waals surface area contributed by atoms with Gasteiger partial charge in [0.1, 0.15) is 19.3 Å². The van der Waals surface area contributed by atoms with Gasteiger partial charge >= 0.3 is 0 Å². The Hall–Kier alpha value is -1.42. The quantitative estimate of drug-likeness (QED) is 0.915. The normalized spacial score (nSPS) is 14.9. The minimum Gasteiger partial charge on any atom is -0.486 e. The molecule has 1 unspecified atom stereocenters. The van der Waals surface area contributed by atoms with Gasteiger partial charge in [-0.15, -0.1) is 0 Å². The Bertz CT molecular complexity index is 643. The van der Waals surface area contributed by atoms with Crippen LogP contribution in [0.4, 0.5) is 0 Å². The molecule has 0 saturated carbocycles. The van der Waals surface area contributed by atoms with Gasteiger partial charge in [0.05, 0.1) is 0 Å². The van der Waals surface area contributed by atoms with Crippen molar-refractivity contribution in [2.45, 2.75) is 6.10 Å². The summed E-state index contributed by atoms with van der Waals surface area (Å²) in [7, 11) is 0. The average Bonchev–Trinajstić information content (AvgIpc) is 2.46. The third-order valence-electron chi connectivity index (χ3n) is 3.14. The minimum absolute atomic E-state index is 0.430. The van der Waals surface area contributed by atoms with Gasteiger partial charge in [0.2, 0.25) is 0 Å². The maximum atomic E-state index is 10.4. The van der Waals surface area contributed by atoms with Crippen molar-refractivity contribution in [1.82, 2.24) is 0 Å². The highest BCUT2D eigenvalue weighted by molar-refractivity contribution is 6.35. The molecule has 0 saturated heterocycles. The first kappa shape index (κ1) is 13.6. The van der Waals surface area contributed by atoms with Gasteiger partial charge in [0, 0.05) is 15.6 Å². The number of fused-ring (bicyclic) bond motifs is 1. The molecule has 1 atom stereocenters. The van der Waals surface area contributed by atoms with Crippen molar-refractivity contribution in [1.29, 1.82) is 0 Å². The smallest absolute Gasteiger partial charge is 0.161 e. The molecule has 104 valence electrons. The number of hydrogen-bond acceptors (Lipinski definition) is 3. The highest BCUT2D eigenvalue weighted by Gasteiger charge is 2.18. The molecule has 2 aromatic rings. The second kappa shape index (κ2) is 5.52. The van der Waals surface area contributed by atoms with Crippen LogP contribution in [0.2, 0.25) is 10.0 Å². The van der Waals surface area contributed by atoms with E-state index in [9.17, 15) is 5.11 Å². The van der Waals surface area contributed by atoms with Crippen LogP contribution in [0, 0.1) is 0 Å². The van der Waals surface area contributed by atoms with E-state index in [4.69, 9.17) is 32.7 Å². The lowest BCUT2D eigenvalue weighted by Crippen LogP contribution is -2.15. The Labute approximate surface area is 126 Å². The first-order chi connectivity index (χ1) is 9.65. The standard InChI is InChI=1S/C15H12Cl2O3/c16-10-2-3-11(12(17)8-10)15(18)9-1-4-13-14(7-9)20-6-5-19-13/h1-4,7-8,15,18H,5-6H2. The largest absolute Gasteiger partial charge is 0.486 e. The molecule has 1 aliphatic rings. The number of ether oxygens (including phenoxy) is 2. The second-order valence-corrected chi connectivity index (χ2v) is 5.32. The van der Waals surface area contributed by atoms with Gasteiger partial charge in [0.15, 0.2) is 11.5 Å². The third-order valence-corrected chi connectivity index (χ3v) is 3.70. The lowest BCUT2D eigenvalue weighted by atomic mass is 10.0. The molecular weight excluding hydrogens is 299 g/mol. The summed E-state index contributed by atoms with van der Waals surface area (Å²) in [5.74, 6) is 1.33. The van der Waals surface area contributed by atoms with Crippen LogP contribution in [-0.4, -0.2) is 18.3 Å². The van der Waals surface area contributed by atoms with E-state index in [2.05, 4.69) is 0 Å². The molecule has 2 aromatic carbocycles. The van der Waals surface area contributed by atoms with Crippen molar-refractivity contribution in [2.24, 2.45) is 0 Å². The molecule has 1 heterocycles. The van der Waals surface area contributed by atoms with Crippen molar-refractivity contribution in [3.63, 3.8) is 0 Å². The van der Waals surface area contributed by atoms with Crippen molar-refractivity contribution in [3.8, 4) is 11.5 Å². The number of halogens is 2. The van der Waals surface area contributed by atoms with Crippen LogP contribution in [0.15, 0.2) is 36.4 Å². The Kier molecular flexibility index (Phi) is 3.74. The van der Waals surface area contributed by atoms with E-state index in [-0.39, 0.29) is 0 Å². The molecule has 0 bridgehead atoms. The van der Waals surface area contributed by atoms with Crippen molar-refractivity contribution < 1.29 is 14.6 Å². The minimum atomic E-state index is -0.837. The monoisotopic (exact) mass is 310 g/mol. The summed E-state index contributed by atoms with van der Waals surface area (Å²) in [4.78, 5) is 0. The molecule has 3 rings (SSSR count). The molecule has 0 aromatic heterocycles. The van der Waals surface area contributed by atoms with E-state index in [1.165, 1.54) is 0 Å². The third kappa shape index (κ3) is 2.57. The molecule has 0 aliphatic carbocycles. The number of benzene rings is 2. The molecule has 0 amide bonds.